The molecule has 0 amide bonds. The van der Waals surface area contributed by atoms with Crippen LogP contribution in [-0.4, -0.2) is 48.3 Å². The normalized spacial score (nSPS) is 32.2. The van der Waals surface area contributed by atoms with E-state index < -0.39 is 0 Å². The number of rotatable bonds is 5. The first-order valence-electron chi connectivity index (χ1n) is 6.39. The van der Waals surface area contributed by atoms with Crippen LogP contribution in [0.15, 0.2) is 0 Å². The van der Waals surface area contributed by atoms with Crippen molar-refractivity contribution >= 4 is 0 Å². The van der Waals surface area contributed by atoms with Crippen molar-refractivity contribution in [1.82, 2.24) is 10.2 Å². The van der Waals surface area contributed by atoms with Gasteiger partial charge >= 0.3 is 0 Å². The lowest BCUT2D eigenvalue weighted by Gasteiger charge is -2.29. The fraction of sp³-hybridized carbons (Fsp3) is 1.00. The molecule has 2 aliphatic rings. The number of nitrogens with zero attached hydrogens (tertiary/aromatic N) is 1. The number of aliphatic hydroxyl groups excluding tert-OH is 1. The Balaban J connectivity index is 1.59. The quantitative estimate of drug-likeness (QED) is 0.713. The smallest absolute Gasteiger partial charge is 0.0693 e. The maximum atomic E-state index is 9.78. The molecule has 0 aromatic carbocycles. The Morgan fingerprint density at radius 2 is 1.93 bits per heavy atom. The van der Waals surface area contributed by atoms with Crippen LogP contribution in [0.5, 0.6) is 0 Å². The van der Waals surface area contributed by atoms with Gasteiger partial charge in [-0.05, 0) is 32.7 Å². The van der Waals surface area contributed by atoms with Gasteiger partial charge in [-0.2, -0.15) is 0 Å². The lowest BCUT2D eigenvalue weighted by molar-refractivity contribution is 0.0897. The van der Waals surface area contributed by atoms with Gasteiger partial charge in [0.1, 0.15) is 0 Å². The Hall–Kier alpha value is -0.120. The first kappa shape index (κ1) is 11.4. The zero-order valence-corrected chi connectivity index (χ0v) is 9.78. The predicted molar refractivity (Wildman–Crippen MR) is 61.9 cm³/mol. The standard InChI is InChI=1S/C12H24N2O/c1-14(10-6-7-10)9-8-13-11-4-2-3-5-12(11)15/h10-13,15H,2-9H2,1H3/t11-,12-/m0/s1. The van der Waals surface area contributed by atoms with Crippen LogP contribution in [0, 0.1) is 0 Å². The Kier molecular flexibility index (Phi) is 4.00. The summed E-state index contributed by atoms with van der Waals surface area (Å²) in [5.74, 6) is 0. The largest absolute Gasteiger partial charge is 0.392 e. The predicted octanol–water partition coefficient (Wildman–Crippen LogP) is 0.974. The van der Waals surface area contributed by atoms with E-state index in [0.717, 1.165) is 32.0 Å². The van der Waals surface area contributed by atoms with Gasteiger partial charge in [0, 0.05) is 25.2 Å². The molecule has 0 unspecified atom stereocenters. The zero-order valence-electron chi connectivity index (χ0n) is 9.78. The van der Waals surface area contributed by atoms with Crippen LogP contribution < -0.4 is 5.32 Å². The molecule has 0 aromatic rings. The minimum absolute atomic E-state index is 0.106. The van der Waals surface area contributed by atoms with E-state index in [0.29, 0.717) is 6.04 Å². The fourth-order valence-corrected chi connectivity index (χ4v) is 2.47. The minimum atomic E-state index is -0.106. The van der Waals surface area contributed by atoms with E-state index in [-0.39, 0.29) is 6.10 Å². The Morgan fingerprint density at radius 1 is 1.20 bits per heavy atom. The molecule has 15 heavy (non-hydrogen) atoms. The average Bonchev–Trinajstić information content (AvgIpc) is 3.04. The van der Waals surface area contributed by atoms with Crippen LogP contribution >= 0.6 is 0 Å². The molecule has 2 atom stereocenters. The second kappa shape index (κ2) is 5.28. The van der Waals surface area contributed by atoms with E-state index in [1.54, 1.807) is 0 Å². The van der Waals surface area contributed by atoms with Gasteiger partial charge < -0.3 is 15.3 Å². The molecule has 2 rings (SSSR count). The molecule has 2 fully saturated rings. The molecule has 0 spiro atoms. The molecule has 2 aliphatic carbocycles. The summed E-state index contributed by atoms with van der Waals surface area (Å²) >= 11 is 0. The van der Waals surface area contributed by atoms with Crippen LogP contribution in [0.4, 0.5) is 0 Å². The van der Waals surface area contributed by atoms with Gasteiger partial charge in [-0.3, -0.25) is 0 Å². The summed E-state index contributed by atoms with van der Waals surface area (Å²) in [7, 11) is 2.21. The number of nitrogens with one attached hydrogen (secondary N) is 1. The molecular weight excluding hydrogens is 188 g/mol. The molecule has 3 heteroatoms. The minimum Gasteiger partial charge on any atom is -0.392 e. The molecule has 0 aliphatic heterocycles. The molecule has 2 N–H and O–H groups in total. The fourth-order valence-electron chi connectivity index (χ4n) is 2.47. The average molecular weight is 212 g/mol. The van der Waals surface area contributed by atoms with Crippen molar-refractivity contribution in [3.63, 3.8) is 0 Å². The van der Waals surface area contributed by atoms with E-state index in [9.17, 15) is 5.11 Å². The number of aliphatic hydroxyl groups is 1. The van der Waals surface area contributed by atoms with Crippen molar-refractivity contribution in [3.8, 4) is 0 Å². The SMILES string of the molecule is CN(CCN[C@H]1CCCC[C@@H]1O)C1CC1. The van der Waals surface area contributed by atoms with Crippen LogP contribution in [0.2, 0.25) is 0 Å². The summed E-state index contributed by atoms with van der Waals surface area (Å²) < 4.78 is 0. The van der Waals surface area contributed by atoms with E-state index in [1.165, 1.54) is 25.7 Å². The number of likely N-dealkylation sites (N-methyl/N-ethyl adjacent to an activating group) is 1. The zero-order chi connectivity index (χ0) is 10.7. The van der Waals surface area contributed by atoms with Gasteiger partial charge in [-0.1, -0.05) is 12.8 Å². The molecular formula is C12H24N2O. The highest BCUT2D eigenvalue weighted by molar-refractivity contribution is 4.84. The Labute approximate surface area is 92.8 Å². The van der Waals surface area contributed by atoms with Gasteiger partial charge in [-0.25, -0.2) is 0 Å². The van der Waals surface area contributed by atoms with E-state index in [1.807, 2.05) is 0 Å². The van der Waals surface area contributed by atoms with E-state index >= 15 is 0 Å². The molecule has 0 bridgehead atoms. The van der Waals surface area contributed by atoms with Crippen molar-refractivity contribution in [1.29, 1.82) is 0 Å². The van der Waals surface area contributed by atoms with Crippen molar-refractivity contribution in [2.75, 3.05) is 20.1 Å². The molecule has 0 aromatic heterocycles. The van der Waals surface area contributed by atoms with E-state index in [4.69, 9.17) is 0 Å². The van der Waals surface area contributed by atoms with Crippen molar-refractivity contribution in [3.05, 3.63) is 0 Å². The van der Waals surface area contributed by atoms with Crippen molar-refractivity contribution in [2.45, 2.75) is 56.7 Å². The summed E-state index contributed by atoms with van der Waals surface area (Å²) in [6.07, 6.45) is 7.24. The summed E-state index contributed by atoms with van der Waals surface area (Å²) in [5, 5.41) is 13.3. The molecule has 2 saturated carbocycles. The second-order valence-electron chi connectivity index (χ2n) is 5.12. The Bertz CT molecular complexity index is 194. The van der Waals surface area contributed by atoms with Gasteiger partial charge in [0.05, 0.1) is 6.10 Å². The highest BCUT2D eigenvalue weighted by atomic mass is 16.3. The van der Waals surface area contributed by atoms with Gasteiger partial charge in [0.25, 0.3) is 0 Å². The van der Waals surface area contributed by atoms with Crippen LogP contribution in [-0.2, 0) is 0 Å². The summed E-state index contributed by atoms with van der Waals surface area (Å²) in [5.41, 5.74) is 0. The van der Waals surface area contributed by atoms with Crippen LogP contribution in [0.25, 0.3) is 0 Å². The highest BCUT2D eigenvalue weighted by Gasteiger charge is 2.26. The number of hydrogen-bond acceptors (Lipinski definition) is 3. The summed E-state index contributed by atoms with van der Waals surface area (Å²) in [4.78, 5) is 2.43. The highest BCUT2D eigenvalue weighted by Crippen LogP contribution is 2.24. The number of hydrogen-bond donors (Lipinski definition) is 2. The Morgan fingerprint density at radius 3 is 2.60 bits per heavy atom. The first-order chi connectivity index (χ1) is 7.27. The van der Waals surface area contributed by atoms with Crippen molar-refractivity contribution in [2.24, 2.45) is 0 Å². The molecule has 0 saturated heterocycles. The monoisotopic (exact) mass is 212 g/mol. The maximum Gasteiger partial charge on any atom is 0.0693 e. The first-order valence-corrected chi connectivity index (χ1v) is 6.39. The third-order valence-corrected chi connectivity index (χ3v) is 3.77. The van der Waals surface area contributed by atoms with Gasteiger partial charge in [0.15, 0.2) is 0 Å². The van der Waals surface area contributed by atoms with Crippen LogP contribution in [0.1, 0.15) is 38.5 Å². The molecule has 0 radical (unpaired) electrons. The molecule has 3 nitrogen and oxygen atoms in total. The van der Waals surface area contributed by atoms with Crippen molar-refractivity contribution < 1.29 is 5.11 Å². The van der Waals surface area contributed by atoms with Gasteiger partial charge in [-0.15, -0.1) is 0 Å². The maximum absolute atomic E-state index is 9.78. The lowest BCUT2D eigenvalue weighted by atomic mass is 9.93. The molecule has 88 valence electrons. The second-order valence-corrected chi connectivity index (χ2v) is 5.12. The third kappa shape index (κ3) is 3.44. The summed E-state index contributed by atoms with van der Waals surface area (Å²) in [6.45, 7) is 2.14. The van der Waals surface area contributed by atoms with Crippen LogP contribution in [0.3, 0.4) is 0 Å². The topological polar surface area (TPSA) is 35.5 Å². The third-order valence-electron chi connectivity index (χ3n) is 3.77. The molecule has 0 heterocycles. The summed E-state index contributed by atoms with van der Waals surface area (Å²) in [6, 6.07) is 1.20. The lowest BCUT2D eigenvalue weighted by Crippen LogP contribution is -2.44. The van der Waals surface area contributed by atoms with E-state index in [2.05, 4.69) is 17.3 Å². The van der Waals surface area contributed by atoms with Gasteiger partial charge in [0.2, 0.25) is 0 Å².